The average Bonchev–Trinajstić information content (AvgIpc) is 3.40. The lowest BCUT2D eigenvalue weighted by molar-refractivity contribution is -0.136. The average molecular weight is 515 g/mol. The van der Waals surface area contributed by atoms with Gasteiger partial charge in [0.1, 0.15) is 0 Å². The van der Waals surface area contributed by atoms with Crippen molar-refractivity contribution < 1.29 is 18.0 Å². The van der Waals surface area contributed by atoms with Crippen LogP contribution in [0.15, 0.2) is 36.4 Å². The molecule has 2 fully saturated rings. The van der Waals surface area contributed by atoms with Gasteiger partial charge in [0.25, 0.3) is 0 Å². The molecule has 2 amide bonds. The first kappa shape index (κ1) is 24.9. The molecule has 4 rings (SSSR count). The highest BCUT2D eigenvalue weighted by molar-refractivity contribution is 6.34. The molecule has 2 atom stereocenters. The van der Waals surface area contributed by atoms with Gasteiger partial charge in [-0.25, -0.2) is 4.79 Å². The lowest BCUT2D eigenvalue weighted by atomic mass is 10.1. The molecule has 184 valence electrons. The molecular formula is C24H27Cl2F3N4O. The van der Waals surface area contributed by atoms with Crippen molar-refractivity contribution >= 4 is 40.6 Å². The Balaban J connectivity index is 1.44. The number of nitrogens with zero attached hydrogens (tertiary/aromatic N) is 2. The van der Waals surface area contributed by atoms with E-state index in [0.717, 1.165) is 19.0 Å². The molecular weight excluding hydrogens is 488 g/mol. The number of benzene rings is 2. The third-order valence-electron chi connectivity index (χ3n) is 6.53. The van der Waals surface area contributed by atoms with Crippen molar-refractivity contribution in [2.75, 3.05) is 29.9 Å². The minimum absolute atomic E-state index is 0.0651. The predicted molar refractivity (Wildman–Crippen MR) is 130 cm³/mol. The number of amides is 2. The number of halogens is 5. The van der Waals surface area contributed by atoms with Crippen LogP contribution in [0.1, 0.15) is 37.3 Å². The Kier molecular flexibility index (Phi) is 7.50. The SMILES string of the molecule is CC1CCCN1C1CCN(c2ccc(NC(=O)NCc3cc(Cl)cc(Cl)c3)c(C(F)(F)F)c2)C1. The molecule has 2 aliphatic heterocycles. The van der Waals surface area contributed by atoms with Crippen molar-refractivity contribution in [3.05, 3.63) is 57.6 Å². The first-order valence-corrected chi connectivity index (χ1v) is 12.1. The van der Waals surface area contributed by atoms with Crippen LogP contribution < -0.4 is 15.5 Å². The van der Waals surface area contributed by atoms with Crippen LogP contribution in [0.5, 0.6) is 0 Å². The van der Waals surface area contributed by atoms with Gasteiger partial charge in [-0.15, -0.1) is 0 Å². The number of nitrogens with one attached hydrogen (secondary N) is 2. The molecule has 0 radical (unpaired) electrons. The molecule has 2 unspecified atom stereocenters. The molecule has 2 heterocycles. The maximum Gasteiger partial charge on any atom is 0.418 e. The van der Waals surface area contributed by atoms with Crippen molar-refractivity contribution in [1.29, 1.82) is 0 Å². The highest BCUT2D eigenvalue weighted by Gasteiger charge is 2.37. The molecule has 0 saturated carbocycles. The number of rotatable bonds is 5. The van der Waals surface area contributed by atoms with Crippen LogP contribution in [0.4, 0.5) is 29.3 Å². The van der Waals surface area contributed by atoms with Crippen molar-refractivity contribution in [1.82, 2.24) is 10.2 Å². The van der Waals surface area contributed by atoms with Gasteiger partial charge in [0.05, 0.1) is 11.3 Å². The zero-order chi connectivity index (χ0) is 24.5. The van der Waals surface area contributed by atoms with Crippen LogP contribution in [0, 0.1) is 0 Å². The fourth-order valence-electron chi connectivity index (χ4n) is 4.88. The summed E-state index contributed by atoms with van der Waals surface area (Å²) in [5.41, 5.74) is -0.0121. The largest absolute Gasteiger partial charge is 0.418 e. The second-order valence-corrected chi connectivity index (χ2v) is 9.80. The van der Waals surface area contributed by atoms with E-state index in [1.807, 2.05) is 4.90 Å². The number of likely N-dealkylation sites (tertiary alicyclic amines) is 1. The van der Waals surface area contributed by atoms with E-state index in [4.69, 9.17) is 23.2 Å². The smallest absolute Gasteiger partial charge is 0.370 e. The first-order valence-electron chi connectivity index (χ1n) is 11.3. The number of anilines is 2. The standard InChI is InChI=1S/C24H27Cl2F3N4O/c1-15-3-2-7-33(15)20-6-8-32(14-20)19-4-5-22(21(12-19)24(27,28)29)31-23(34)30-13-16-9-17(25)11-18(26)10-16/h4-5,9-12,15,20H,2-3,6-8,13-14H2,1H3,(H2,30,31,34). The van der Waals surface area contributed by atoms with Gasteiger partial charge in [-0.2, -0.15) is 13.2 Å². The lowest BCUT2D eigenvalue weighted by Gasteiger charge is -2.29. The zero-order valence-electron chi connectivity index (χ0n) is 18.8. The summed E-state index contributed by atoms with van der Waals surface area (Å²) in [6.45, 7) is 4.74. The van der Waals surface area contributed by atoms with Crippen molar-refractivity contribution in [3.8, 4) is 0 Å². The summed E-state index contributed by atoms with van der Waals surface area (Å²) >= 11 is 11.9. The second-order valence-electron chi connectivity index (χ2n) is 8.93. The summed E-state index contributed by atoms with van der Waals surface area (Å²) < 4.78 is 41.6. The van der Waals surface area contributed by atoms with Gasteiger partial charge in [0.2, 0.25) is 0 Å². The van der Waals surface area contributed by atoms with Crippen LogP contribution in [-0.4, -0.2) is 42.6 Å². The first-order chi connectivity index (χ1) is 16.1. The summed E-state index contributed by atoms with van der Waals surface area (Å²) in [4.78, 5) is 16.8. The molecule has 0 aromatic heterocycles. The predicted octanol–water partition coefficient (Wildman–Crippen LogP) is 6.40. The maximum absolute atomic E-state index is 13.9. The maximum atomic E-state index is 13.9. The van der Waals surface area contributed by atoms with Gasteiger partial charge in [0.15, 0.2) is 0 Å². The fraction of sp³-hybridized carbons (Fsp3) is 0.458. The third kappa shape index (κ3) is 5.90. The summed E-state index contributed by atoms with van der Waals surface area (Å²) in [6, 6.07) is 9.00. The topological polar surface area (TPSA) is 47.6 Å². The molecule has 5 nitrogen and oxygen atoms in total. The minimum Gasteiger partial charge on any atom is -0.370 e. The monoisotopic (exact) mass is 514 g/mol. The normalized spacial score (nSPS) is 21.2. The lowest BCUT2D eigenvalue weighted by Crippen LogP contribution is -2.39. The Morgan fingerprint density at radius 3 is 2.47 bits per heavy atom. The van der Waals surface area contributed by atoms with E-state index >= 15 is 0 Å². The van der Waals surface area contributed by atoms with Crippen molar-refractivity contribution in [2.45, 2.75) is 51.0 Å². The molecule has 34 heavy (non-hydrogen) atoms. The van der Waals surface area contributed by atoms with E-state index in [1.165, 1.54) is 18.9 Å². The fourth-order valence-corrected chi connectivity index (χ4v) is 5.45. The Hall–Kier alpha value is -2.16. The van der Waals surface area contributed by atoms with Gasteiger partial charge in [-0.3, -0.25) is 4.90 Å². The van der Waals surface area contributed by atoms with Gasteiger partial charge in [0, 0.05) is 47.5 Å². The van der Waals surface area contributed by atoms with Crippen LogP contribution in [-0.2, 0) is 12.7 Å². The quantitative estimate of drug-likeness (QED) is 0.485. The van der Waals surface area contributed by atoms with Crippen LogP contribution >= 0.6 is 23.2 Å². The van der Waals surface area contributed by atoms with Gasteiger partial charge >= 0.3 is 12.2 Å². The summed E-state index contributed by atoms with van der Waals surface area (Å²) in [6.07, 6.45) is -1.34. The highest BCUT2D eigenvalue weighted by atomic mass is 35.5. The molecule has 2 saturated heterocycles. The van der Waals surface area contributed by atoms with E-state index in [2.05, 4.69) is 22.5 Å². The Morgan fingerprint density at radius 2 is 1.82 bits per heavy atom. The number of hydrogen-bond donors (Lipinski definition) is 2. The summed E-state index contributed by atoms with van der Waals surface area (Å²) in [5, 5.41) is 5.68. The van der Waals surface area contributed by atoms with Crippen LogP contribution in [0.3, 0.4) is 0 Å². The van der Waals surface area contributed by atoms with Crippen LogP contribution in [0.25, 0.3) is 0 Å². The zero-order valence-corrected chi connectivity index (χ0v) is 20.3. The van der Waals surface area contributed by atoms with E-state index < -0.39 is 17.8 Å². The molecule has 0 aliphatic carbocycles. The van der Waals surface area contributed by atoms with Crippen molar-refractivity contribution in [3.63, 3.8) is 0 Å². The highest BCUT2D eigenvalue weighted by Crippen LogP contribution is 2.38. The van der Waals surface area contributed by atoms with E-state index in [1.54, 1.807) is 24.3 Å². The summed E-state index contributed by atoms with van der Waals surface area (Å²) in [5.74, 6) is 0. The van der Waals surface area contributed by atoms with E-state index in [9.17, 15) is 18.0 Å². The van der Waals surface area contributed by atoms with Gasteiger partial charge in [-0.05, 0) is 74.7 Å². The van der Waals surface area contributed by atoms with Gasteiger partial charge in [-0.1, -0.05) is 23.2 Å². The van der Waals surface area contributed by atoms with E-state index in [0.29, 0.717) is 46.5 Å². The number of alkyl halides is 3. The molecule has 2 aliphatic rings. The Labute approximate surface area is 207 Å². The van der Waals surface area contributed by atoms with E-state index in [-0.39, 0.29) is 12.2 Å². The molecule has 10 heteroatoms. The minimum atomic E-state index is -4.61. The Morgan fingerprint density at radius 1 is 1.09 bits per heavy atom. The Bertz CT molecular complexity index is 1030. The third-order valence-corrected chi connectivity index (χ3v) is 6.97. The second kappa shape index (κ2) is 10.2. The number of urea groups is 1. The van der Waals surface area contributed by atoms with Gasteiger partial charge < -0.3 is 15.5 Å². The molecule has 0 bridgehead atoms. The molecule has 2 aromatic carbocycles. The number of hydrogen-bond acceptors (Lipinski definition) is 3. The molecule has 2 aromatic rings. The molecule has 2 N–H and O–H groups in total. The number of carbonyl (C=O) groups is 1. The number of carbonyl (C=O) groups excluding carboxylic acids is 1. The van der Waals surface area contributed by atoms with Crippen LogP contribution in [0.2, 0.25) is 10.0 Å². The summed E-state index contributed by atoms with van der Waals surface area (Å²) in [7, 11) is 0. The molecule has 0 spiro atoms. The van der Waals surface area contributed by atoms with Crippen molar-refractivity contribution in [2.24, 2.45) is 0 Å².